The van der Waals surface area contributed by atoms with Gasteiger partial charge in [0.1, 0.15) is 0 Å². The molecular weight excluding hydrogens is 741 g/mol. The minimum absolute atomic E-state index is 0.336. The molecule has 59 heavy (non-hydrogen) atoms. The molecule has 2 heterocycles. The van der Waals surface area contributed by atoms with Gasteiger partial charge in [-0.2, -0.15) is 0 Å². The number of allylic oxidation sites excluding steroid dienone is 1. The first-order valence-corrected chi connectivity index (χ1v) is 19.7. The van der Waals surface area contributed by atoms with E-state index in [0.717, 1.165) is 83.4 Å². The van der Waals surface area contributed by atoms with Crippen LogP contribution in [0.4, 0.5) is 0 Å². The van der Waals surface area contributed by atoms with Gasteiger partial charge in [-0.05, 0) is 82.6 Å². The van der Waals surface area contributed by atoms with Crippen molar-refractivity contribution in [1.29, 1.82) is 5.41 Å². The lowest BCUT2D eigenvalue weighted by molar-refractivity contribution is 1.07. The van der Waals surface area contributed by atoms with Crippen LogP contribution in [0.15, 0.2) is 192 Å². The second kappa shape index (κ2) is 15.4. The fraction of sp³-hybridized carbons (Fsp3) is 0. The van der Waals surface area contributed by atoms with Crippen LogP contribution in [0.3, 0.4) is 0 Å². The standard InChI is InChI=1S/C52H34N6S/c53-48-46(58-59)29-28-44-47(48)43-22-7-8-23-45(43)54-49(44)36-26-24-35(25-27-36)39-18-11-21-42(32-39)52-56-50(40-19-9-16-37(30-40)33-12-3-1-4-13-33)55-51(57-52)41-20-10-17-38(31-41)34-14-5-2-6-15-34/h1-32,53,59H/b53-48?,58-46-. The van der Waals surface area contributed by atoms with Gasteiger partial charge in [-0.15, -0.1) is 0 Å². The van der Waals surface area contributed by atoms with Gasteiger partial charge in [-0.1, -0.05) is 158 Å². The molecule has 0 saturated carbocycles. The molecule has 0 aliphatic heterocycles. The second-order valence-electron chi connectivity index (χ2n) is 14.3. The molecule has 0 spiro atoms. The van der Waals surface area contributed by atoms with Crippen molar-refractivity contribution >= 4 is 41.2 Å². The van der Waals surface area contributed by atoms with E-state index in [1.165, 1.54) is 0 Å². The Morgan fingerprint density at radius 2 is 0.814 bits per heavy atom. The number of hydrogen-bond acceptors (Lipinski definition) is 7. The van der Waals surface area contributed by atoms with Crippen LogP contribution in [0.5, 0.6) is 0 Å². The van der Waals surface area contributed by atoms with Gasteiger partial charge in [0.15, 0.2) is 17.5 Å². The zero-order valence-corrected chi connectivity index (χ0v) is 32.6. The average Bonchev–Trinajstić information content (AvgIpc) is 3.32. The molecule has 278 valence electrons. The molecular formula is C52H34N6S. The number of nitrogens with zero attached hydrogens (tertiary/aromatic N) is 5. The third-order valence-corrected chi connectivity index (χ3v) is 10.9. The average molecular weight is 775 g/mol. The van der Waals surface area contributed by atoms with Gasteiger partial charge in [0, 0.05) is 38.8 Å². The maximum absolute atomic E-state index is 8.95. The van der Waals surface area contributed by atoms with E-state index in [1.54, 1.807) is 0 Å². The number of thiol groups is 1. The Kier molecular flexibility index (Phi) is 9.33. The first kappa shape index (κ1) is 35.8. The van der Waals surface area contributed by atoms with Crippen LogP contribution < -0.4 is 0 Å². The lowest BCUT2D eigenvalue weighted by atomic mass is 9.88. The van der Waals surface area contributed by atoms with Crippen LogP contribution in [0.25, 0.3) is 95.8 Å². The highest BCUT2D eigenvalue weighted by molar-refractivity contribution is 7.79. The van der Waals surface area contributed by atoms with Crippen LogP contribution in [0.1, 0.15) is 11.1 Å². The zero-order valence-electron chi connectivity index (χ0n) is 31.7. The normalized spacial score (nSPS) is 12.8. The number of fused-ring (bicyclic) bond motifs is 3. The van der Waals surface area contributed by atoms with Crippen molar-refractivity contribution < 1.29 is 0 Å². The van der Waals surface area contributed by atoms with E-state index < -0.39 is 0 Å². The first-order chi connectivity index (χ1) is 29.1. The highest BCUT2D eigenvalue weighted by atomic mass is 32.1. The summed E-state index contributed by atoms with van der Waals surface area (Å²) < 4.78 is 4.05. The summed E-state index contributed by atoms with van der Waals surface area (Å²) in [7, 11) is 0. The fourth-order valence-corrected chi connectivity index (χ4v) is 7.86. The molecule has 7 heteroatoms. The summed E-state index contributed by atoms with van der Waals surface area (Å²) in [6, 6.07) is 62.1. The van der Waals surface area contributed by atoms with Gasteiger partial charge >= 0.3 is 0 Å². The second-order valence-corrected chi connectivity index (χ2v) is 14.5. The number of nitrogens with one attached hydrogen (secondary N) is 1. The molecule has 1 aliphatic carbocycles. The van der Waals surface area contributed by atoms with Gasteiger partial charge in [0.2, 0.25) is 0 Å². The van der Waals surface area contributed by atoms with E-state index in [9.17, 15) is 0 Å². The maximum Gasteiger partial charge on any atom is 0.164 e. The van der Waals surface area contributed by atoms with E-state index in [0.29, 0.717) is 28.9 Å². The van der Waals surface area contributed by atoms with Crippen LogP contribution in [-0.4, -0.2) is 31.4 Å². The van der Waals surface area contributed by atoms with Crippen molar-refractivity contribution in [2.24, 2.45) is 4.40 Å². The van der Waals surface area contributed by atoms with Crippen molar-refractivity contribution in [2.75, 3.05) is 0 Å². The number of pyridine rings is 1. The van der Waals surface area contributed by atoms with Crippen molar-refractivity contribution in [1.82, 2.24) is 19.9 Å². The quantitative estimate of drug-likeness (QED) is 0.158. The van der Waals surface area contributed by atoms with Crippen molar-refractivity contribution in [3.05, 3.63) is 199 Å². The van der Waals surface area contributed by atoms with Crippen molar-refractivity contribution in [2.45, 2.75) is 0 Å². The molecule has 1 aliphatic rings. The van der Waals surface area contributed by atoms with E-state index in [2.05, 4.69) is 132 Å². The zero-order chi connectivity index (χ0) is 39.7. The van der Waals surface area contributed by atoms with Crippen LogP contribution in [0.2, 0.25) is 0 Å². The predicted molar refractivity (Wildman–Crippen MR) is 245 cm³/mol. The SMILES string of the molecule is N=C1/C(=N\S)C=Cc2c(-c3ccc(-c4cccc(-c5nc(-c6cccc(-c7ccccc7)c6)nc(-c6cccc(-c7ccccc7)c6)n5)c4)cc3)nc3ccccc3c21. The van der Waals surface area contributed by atoms with E-state index in [-0.39, 0.29) is 0 Å². The van der Waals surface area contributed by atoms with Crippen LogP contribution in [0, 0.1) is 5.41 Å². The first-order valence-electron chi connectivity index (χ1n) is 19.3. The highest BCUT2D eigenvalue weighted by Crippen LogP contribution is 2.36. The summed E-state index contributed by atoms with van der Waals surface area (Å²) in [5.41, 5.74) is 14.4. The Bertz CT molecular complexity index is 3020. The number of rotatable bonds is 7. The number of benzene rings is 7. The molecule has 2 aromatic heterocycles. The van der Waals surface area contributed by atoms with E-state index >= 15 is 0 Å². The van der Waals surface area contributed by atoms with Gasteiger partial charge in [0.05, 0.1) is 22.6 Å². The summed E-state index contributed by atoms with van der Waals surface area (Å²) in [6.45, 7) is 0. The molecule has 6 nitrogen and oxygen atoms in total. The Labute approximate surface area is 347 Å². The topological polar surface area (TPSA) is 87.8 Å². The summed E-state index contributed by atoms with van der Waals surface area (Å²) in [5.74, 6) is 1.79. The molecule has 0 fully saturated rings. The highest BCUT2D eigenvalue weighted by Gasteiger charge is 2.23. The van der Waals surface area contributed by atoms with Gasteiger partial charge < -0.3 is 0 Å². The smallest absolute Gasteiger partial charge is 0.164 e. The van der Waals surface area contributed by atoms with Gasteiger partial charge in [0.25, 0.3) is 0 Å². The molecule has 0 amide bonds. The van der Waals surface area contributed by atoms with E-state index in [4.69, 9.17) is 25.3 Å². The number of aromatic nitrogens is 4. The Morgan fingerprint density at radius 1 is 0.390 bits per heavy atom. The third-order valence-electron chi connectivity index (χ3n) is 10.7. The summed E-state index contributed by atoms with van der Waals surface area (Å²) in [5, 5.41) is 9.87. The molecule has 10 rings (SSSR count). The lowest BCUT2D eigenvalue weighted by Crippen LogP contribution is -2.18. The van der Waals surface area contributed by atoms with Crippen LogP contribution in [-0.2, 0) is 0 Å². The Morgan fingerprint density at radius 3 is 1.32 bits per heavy atom. The monoisotopic (exact) mass is 774 g/mol. The molecule has 1 N–H and O–H groups in total. The van der Waals surface area contributed by atoms with E-state index in [1.807, 2.05) is 78.9 Å². The number of hydrogen-bond donors (Lipinski definition) is 2. The largest absolute Gasteiger partial charge is 0.298 e. The Hall–Kier alpha value is -7.61. The maximum atomic E-state index is 8.95. The third kappa shape index (κ3) is 6.94. The molecule has 0 atom stereocenters. The summed E-state index contributed by atoms with van der Waals surface area (Å²) in [6.07, 6.45) is 3.82. The fourth-order valence-electron chi connectivity index (χ4n) is 7.69. The minimum Gasteiger partial charge on any atom is -0.298 e. The molecule has 0 bridgehead atoms. The molecule has 0 unspecified atom stereocenters. The Balaban J connectivity index is 1.05. The summed E-state index contributed by atoms with van der Waals surface area (Å²) in [4.78, 5) is 20.4. The lowest BCUT2D eigenvalue weighted by Gasteiger charge is -2.19. The number of para-hydroxylation sites is 1. The van der Waals surface area contributed by atoms with Gasteiger partial charge in [-0.3, -0.25) is 5.41 Å². The van der Waals surface area contributed by atoms with Crippen molar-refractivity contribution in [3.8, 4) is 78.8 Å². The van der Waals surface area contributed by atoms with Crippen molar-refractivity contribution in [3.63, 3.8) is 0 Å². The molecule has 0 saturated heterocycles. The molecule has 9 aromatic rings. The minimum atomic E-state index is 0.336. The van der Waals surface area contributed by atoms with Gasteiger partial charge in [-0.25, -0.2) is 24.3 Å². The summed E-state index contributed by atoms with van der Waals surface area (Å²) >= 11 is 4.13. The molecule has 0 radical (unpaired) electrons. The molecule has 7 aromatic carbocycles. The van der Waals surface area contributed by atoms with Crippen LogP contribution >= 0.6 is 12.8 Å². The predicted octanol–water partition coefficient (Wildman–Crippen LogP) is 12.8.